The van der Waals surface area contributed by atoms with Crippen molar-refractivity contribution in [3.63, 3.8) is 0 Å². The number of hydrogen-bond donors (Lipinski definition) is 0. The summed E-state index contributed by atoms with van der Waals surface area (Å²) in [7, 11) is 0. The third-order valence-corrected chi connectivity index (χ3v) is 22.2. The third-order valence-electron chi connectivity index (χ3n) is 22.2. The molecule has 0 radical (unpaired) electrons. The van der Waals surface area contributed by atoms with Crippen molar-refractivity contribution in [2.75, 3.05) is 0 Å². The molecule has 0 saturated carbocycles. The molecule has 0 aliphatic heterocycles. The number of aromatic nitrogens is 8. The molecule has 0 spiro atoms. The van der Waals surface area contributed by atoms with Gasteiger partial charge in [0.2, 0.25) is 0 Å². The second-order valence-electron chi connectivity index (χ2n) is 30.6. The minimum Gasteiger partial charge on any atom is -0.340 e. The van der Waals surface area contributed by atoms with Crippen LogP contribution in [-0.4, -0.2) is 37.8 Å². The summed E-state index contributed by atoms with van der Waals surface area (Å²) in [6.45, 7) is 28.2. The van der Waals surface area contributed by atoms with Gasteiger partial charge in [-0.1, -0.05) is 202 Å². The zero-order chi connectivity index (χ0) is 77.4. The van der Waals surface area contributed by atoms with Crippen LogP contribution in [0.1, 0.15) is 111 Å². The molecular formula is C104H93IrN8. The van der Waals surface area contributed by atoms with E-state index in [1.54, 1.807) is 0 Å². The molecule has 113 heavy (non-hydrogen) atoms. The quantitative estimate of drug-likeness (QED) is 0.0961. The molecule has 2 unspecified atom stereocenters. The maximum Gasteiger partial charge on any atom is 3.00 e. The Hall–Kier alpha value is -12.3. The Morgan fingerprint density at radius 2 is 0.699 bits per heavy atom. The summed E-state index contributed by atoms with van der Waals surface area (Å²) in [6, 6.07) is 103. The summed E-state index contributed by atoms with van der Waals surface area (Å²) < 4.78 is 11.4. The van der Waals surface area contributed by atoms with E-state index in [0.29, 0.717) is 11.8 Å². The Balaban J connectivity index is 0.000000189. The monoisotopic (exact) mass is 1650 g/mol. The van der Waals surface area contributed by atoms with Gasteiger partial charge in [0.1, 0.15) is 0 Å². The van der Waals surface area contributed by atoms with Gasteiger partial charge in [0, 0.05) is 87.2 Å². The SMILES string of the molecule is CCC(CC(C)c1cccc(-c2ccc3c(c2)c2ccccc2n3-c2cccc(-n3c4ccccc4c4cc(-c5ccccc5)ccc43)c2)c1)c1c[c-]c(-c2nccn2-c2c(C)cc(C)cc2C)cc1.Cc1c[c-]c(-c2nccn2-c2c(C)cc(C)cc2C)cc1.Cc1c[c-]c(-c2nccn2-c2c(C)cc(C)cc2C)cc1.[Ir+3]. The molecule has 558 valence electrons. The van der Waals surface area contributed by atoms with Crippen LogP contribution in [0.15, 0.2) is 292 Å². The van der Waals surface area contributed by atoms with E-state index in [1.165, 1.54) is 155 Å². The first kappa shape index (κ1) is 76.1. The summed E-state index contributed by atoms with van der Waals surface area (Å²) in [4.78, 5) is 13.9. The van der Waals surface area contributed by atoms with Gasteiger partial charge in [0.15, 0.2) is 0 Å². The van der Waals surface area contributed by atoms with Crippen molar-refractivity contribution in [1.82, 2.24) is 37.8 Å². The first-order valence-electron chi connectivity index (χ1n) is 39.1. The average Bonchev–Trinajstić information content (AvgIpc) is 1.58. The van der Waals surface area contributed by atoms with Crippen molar-refractivity contribution < 1.29 is 20.1 Å². The van der Waals surface area contributed by atoms with Crippen LogP contribution >= 0.6 is 0 Å². The smallest absolute Gasteiger partial charge is 0.340 e. The molecule has 0 bridgehead atoms. The van der Waals surface area contributed by atoms with Crippen molar-refractivity contribution in [3.05, 3.63) is 382 Å². The van der Waals surface area contributed by atoms with Gasteiger partial charge in [-0.25, -0.2) is 0 Å². The number of hydrogen-bond acceptors (Lipinski definition) is 3. The van der Waals surface area contributed by atoms with E-state index in [1.807, 2.05) is 43.1 Å². The largest absolute Gasteiger partial charge is 3.00 e. The molecule has 5 aromatic heterocycles. The molecule has 13 aromatic carbocycles. The minimum atomic E-state index is 0. The predicted octanol–water partition coefficient (Wildman–Crippen LogP) is 26.6. The zero-order valence-corrected chi connectivity index (χ0v) is 69.1. The van der Waals surface area contributed by atoms with Gasteiger partial charge in [-0.05, 0) is 190 Å². The number of aryl methyl sites for hydroxylation is 11. The maximum atomic E-state index is 4.80. The van der Waals surface area contributed by atoms with Crippen LogP contribution < -0.4 is 0 Å². The van der Waals surface area contributed by atoms with Crippen LogP contribution in [0.4, 0.5) is 0 Å². The molecule has 8 nitrogen and oxygen atoms in total. The van der Waals surface area contributed by atoms with E-state index < -0.39 is 0 Å². The number of benzene rings is 13. The number of fused-ring (bicyclic) bond motifs is 6. The Morgan fingerprint density at radius 1 is 0.319 bits per heavy atom. The molecule has 0 fully saturated rings. The number of rotatable bonds is 15. The fourth-order valence-corrected chi connectivity index (χ4v) is 17.2. The topological polar surface area (TPSA) is 63.3 Å². The minimum absolute atomic E-state index is 0. The van der Waals surface area contributed by atoms with Gasteiger partial charge in [0.05, 0.1) is 39.5 Å². The molecule has 0 saturated heterocycles. The normalized spacial score (nSPS) is 11.9. The first-order chi connectivity index (χ1) is 54.4. The molecule has 18 rings (SSSR count). The van der Waals surface area contributed by atoms with Crippen molar-refractivity contribution in [2.45, 2.75) is 115 Å². The molecule has 0 N–H and O–H groups in total. The number of para-hydroxylation sites is 2. The fourth-order valence-electron chi connectivity index (χ4n) is 17.2. The van der Waals surface area contributed by atoms with E-state index in [9.17, 15) is 0 Å². The van der Waals surface area contributed by atoms with Crippen molar-refractivity contribution in [3.8, 4) is 84.9 Å². The standard InChI is InChI=1S/C66H55N4.2C19H19N2.Ir/c1-6-47(49-26-28-50(29-27-49)66-67-34-35-68(66)65-45(4)36-43(2)37-46(65)5)38-44(3)51-18-14-19-52(39-51)54-31-33-64-60(41-54)58-23-11-13-25-62(58)70(64)56-21-15-20-55(42-56)69-61-24-12-10-22-57(61)59-40-53(30-32-63(59)69)48-16-8-7-9-17-48;2*1-13-5-7-17(8-6-13)19-20-9-10-21(19)18-15(3)11-14(2)12-16(18)4;/h7-28,30-37,39-42,44,47H,6,38H2,1-5H3;2*5-7,9-12H,1-4H3;/q3*-1;+3. The molecule has 2 atom stereocenters. The average molecular weight is 1650 g/mol. The Morgan fingerprint density at radius 3 is 1.12 bits per heavy atom. The van der Waals surface area contributed by atoms with Gasteiger partial charge in [-0.15, -0.1) is 106 Å². The zero-order valence-electron chi connectivity index (χ0n) is 66.7. The van der Waals surface area contributed by atoms with Crippen LogP contribution in [-0.2, 0) is 20.1 Å². The van der Waals surface area contributed by atoms with Crippen molar-refractivity contribution in [2.24, 2.45) is 0 Å². The van der Waals surface area contributed by atoms with Crippen molar-refractivity contribution >= 4 is 43.6 Å². The van der Waals surface area contributed by atoms with Crippen LogP contribution in [0, 0.1) is 94.4 Å². The van der Waals surface area contributed by atoms with Gasteiger partial charge < -0.3 is 22.8 Å². The summed E-state index contributed by atoms with van der Waals surface area (Å²) in [5, 5.41) is 5.00. The van der Waals surface area contributed by atoms with E-state index >= 15 is 0 Å². The van der Waals surface area contributed by atoms with Gasteiger partial charge in [0.25, 0.3) is 0 Å². The summed E-state index contributed by atoms with van der Waals surface area (Å²) in [5.74, 6) is 3.57. The Labute approximate surface area is 678 Å². The van der Waals surface area contributed by atoms with Crippen molar-refractivity contribution in [1.29, 1.82) is 0 Å². The van der Waals surface area contributed by atoms with Crippen LogP contribution in [0.3, 0.4) is 0 Å². The Kier molecular flexibility index (Phi) is 22.0. The molecule has 0 amide bonds. The van der Waals surface area contributed by atoms with Gasteiger partial charge in [-0.2, -0.15) is 0 Å². The van der Waals surface area contributed by atoms with Crippen LogP contribution in [0.2, 0.25) is 0 Å². The van der Waals surface area contributed by atoms with Crippen LogP contribution in [0.25, 0.3) is 128 Å². The van der Waals surface area contributed by atoms with Gasteiger partial charge in [-0.3, -0.25) is 15.0 Å². The fraction of sp³-hybridized carbons (Fsp3) is 0.163. The third kappa shape index (κ3) is 15.3. The van der Waals surface area contributed by atoms with E-state index in [2.05, 4.69) is 390 Å². The maximum absolute atomic E-state index is 4.80. The number of imidazole rings is 3. The second kappa shape index (κ2) is 32.6. The summed E-state index contributed by atoms with van der Waals surface area (Å²) in [5.41, 5.74) is 35.1. The van der Waals surface area contributed by atoms with E-state index in [4.69, 9.17) is 4.98 Å². The summed E-state index contributed by atoms with van der Waals surface area (Å²) >= 11 is 0. The second-order valence-corrected chi connectivity index (χ2v) is 30.6. The molecule has 9 heteroatoms. The van der Waals surface area contributed by atoms with Crippen LogP contribution in [0.5, 0.6) is 0 Å². The predicted molar refractivity (Wildman–Crippen MR) is 468 cm³/mol. The molecular weight excluding hydrogens is 1550 g/mol. The molecule has 18 aromatic rings. The molecule has 5 heterocycles. The molecule has 0 aliphatic carbocycles. The van der Waals surface area contributed by atoms with E-state index in [-0.39, 0.29) is 20.1 Å². The van der Waals surface area contributed by atoms with Gasteiger partial charge >= 0.3 is 20.1 Å². The Bertz CT molecular complexity index is 6270. The first-order valence-corrected chi connectivity index (χ1v) is 39.1. The van der Waals surface area contributed by atoms with E-state index in [0.717, 1.165) is 58.4 Å². The summed E-state index contributed by atoms with van der Waals surface area (Å²) in [6.07, 6.45) is 13.8. The molecule has 0 aliphatic rings. The number of nitrogens with zero attached hydrogens (tertiary/aromatic N) is 8.